The molecule has 6 nitrogen and oxygen atoms in total. The summed E-state index contributed by atoms with van der Waals surface area (Å²) < 4.78 is 6.39. The molecular formula is C19H16BrN5OS. The van der Waals surface area contributed by atoms with Crippen molar-refractivity contribution in [1.29, 1.82) is 0 Å². The smallest absolute Gasteiger partial charge is 0.283 e. The van der Waals surface area contributed by atoms with E-state index in [1.165, 1.54) is 0 Å². The van der Waals surface area contributed by atoms with Gasteiger partial charge in [0.25, 0.3) is 5.56 Å². The van der Waals surface area contributed by atoms with Gasteiger partial charge in [0, 0.05) is 17.1 Å². The number of hydrogen-bond donors (Lipinski definition) is 1. The molecule has 2 aromatic carbocycles. The molecule has 0 aliphatic carbocycles. The van der Waals surface area contributed by atoms with Crippen LogP contribution >= 0.6 is 28.1 Å². The van der Waals surface area contributed by atoms with Gasteiger partial charge >= 0.3 is 0 Å². The van der Waals surface area contributed by atoms with Gasteiger partial charge in [-0.2, -0.15) is 5.10 Å². The van der Waals surface area contributed by atoms with Gasteiger partial charge in [-0.15, -0.1) is 0 Å². The average Bonchev–Trinajstić information content (AvgIpc) is 3.14. The highest BCUT2D eigenvalue weighted by atomic mass is 79.9. The number of aromatic amines is 1. The van der Waals surface area contributed by atoms with Crippen molar-refractivity contribution in [2.45, 2.75) is 6.92 Å². The maximum atomic E-state index is 13.4. The van der Waals surface area contributed by atoms with E-state index in [0.29, 0.717) is 16.3 Å². The number of nitrogens with zero attached hydrogens (tertiary/aromatic N) is 4. The molecule has 0 saturated carbocycles. The predicted molar refractivity (Wildman–Crippen MR) is 111 cm³/mol. The van der Waals surface area contributed by atoms with Crippen molar-refractivity contribution < 1.29 is 0 Å². The molecule has 0 aliphatic rings. The van der Waals surface area contributed by atoms with Gasteiger partial charge < -0.3 is 0 Å². The Balaban J connectivity index is 2.03. The molecule has 0 aliphatic heterocycles. The molecule has 4 rings (SSSR count). The molecule has 0 spiro atoms. The minimum absolute atomic E-state index is 0.160. The molecule has 2 heterocycles. The van der Waals surface area contributed by atoms with E-state index in [1.807, 2.05) is 73.3 Å². The van der Waals surface area contributed by atoms with Crippen LogP contribution in [-0.2, 0) is 7.05 Å². The zero-order valence-corrected chi connectivity index (χ0v) is 17.1. The second-order valence-corrected chi connectivity index (χ2v) is 7.32. The Morgan fingerprint density at radius 1 is 1.07 bits per heavy atom. The zero-order chi connectivity index (χ0) is 19.1. The first-order valence-electron chi connectivity index (χ1n) is 8.27. The van der Waals surface area contributed by atoms with Crippen LogP contribution in [0, 0.1) is 11.7 Å². The van der Waals surface area contributed by atoms with Crippen molar-refractivity contribution in [1.82, 2.24) is 24.1 Å². The quantitative estimate of drug-likeness (QED) is 0.485. The van der Waals surface area contributed by atoms with Crippen molar-refractivity contribution in [3.8, 4) is 22.8 Å². The van der Waals surface area contributed by atoms with Crippen LogP contribution in [-0.4, -0.2) is 24.1 Å². The number of para-hydroxylation sites is 1. The molecule has 8 heteroatoms. The summed E-state index contributed by atoms with van der Waals surface area (Å²) in [6.07, 6.45) is 0. The van der Waals surface area contributed by atoms with E-state index in [0.717, 1.165) is 21.4 Å². The van der Waals surface area contributed by atoms with Gasteiger partial charge in [-0.05, 0) is 37.3 Å². The van der Waals surface area contributed by atoms with E-state index < -0.39 is 0 Å². The van der Waals surface area contributed by atoms with Gasteiger partial charge in [0.1, 0.15) is 5.69 Å². The highest BCUT2D eigenvalue weighted by Gasteiger charge is 2.22. The Hall–Kier alpha value is -2.71. The van der Waals surface area contributed by atoms with E-state index in [1.54, 1.807) is 9.25 Å². The lowest BCUT2D eigenvalue weighted by atomic mass is 10.2. The number of aromatic nitrogens is 5. The number of nitrogens with one attached hydrogen (secondary N) is 1. The summed E-state index contributed by atoms with van der Waals surface area (Å²) in [5, 5.41) is 7.20. The van der Waals surface area contributed by atoms with Gasteiger partial charge in [0.05, 0.1) is 11.4 Å². The second kappa shape index (κ2) is 6.79. The summed E-state index contributed by atoms with van der Waals surface area (Å²) in [4.78, 5) is 13.4. The van der Waals surface area contributed by atoms with Crippen molar-refractivity contribution in [3.63, 3.8) is 0 Å². The normalized spacial score (nSPS) is 11.1. The van der Waals surface area contributed by atoms with Crippen molar-refractivity contribution >= 4 is 28.1 Å². The van der Waals surface area contributed by atoms with Crippen molar-refractivity contribution in [2.24, 2.45) is 7.05 Å². The van der Waals surface area contributed by atoms with E-state index >= 15 is 0 Å². The highest BCUT2D eigenvalue weighted by molar-refractivity contribution is 9.10. The third-order valence-electron chi connectivity index (χ3n) is 4.53. The summed E-state index contributed by atoms with van der Waals surface area (Å²) in [5.74, 6) is 0.582. The van der Waals surface area contributed by atoms with Gasteiger partial charge in [-0.3, -0.25) is 19.1 Å². The molecule has 0 saturated heterocycles. The summed E-state index contributed by atoms with van der Waals surface area (Å²) in [5.41, 5.74) is 2.74. The number of rotatable bonds is 3. The van der Waals surface area contributed by atoms with Crippen LogP contribution in [0.25, 0.3) is 22.8 Å². The Labute approximate surface area is 168 Å². The largest absolute Gasteiger partial charge is 0.296 e. The Morgan fingerprint density at radius 3 is 2.44 bits per heavy atom. The number of H-pyrrole nitrogens is 1. The van der Waals surface area contributed by atoms with Crippen LogP contribution in [0.1, 0.15) is 5.69 Å². The van der Waals surface area contributed by atoms with E-state index in [2.05, 4.69) is 26.1 Å². The molecule has 27 heavy (non-hydrogen) atoms. The molecule has 4 aromatic rings. The molecule has 2 aromatic heterocycles. The first-order valence-corrected chi connectivity index (χ1v) is 9.47. The molecule has 0 atom stereocenters. The fraction of sp³-hybridized carbons (Fsp3) is 0.105. The Morgan fingerprint density at radius 2 is 1.74 bits per heavy atom. The van der Waals surface area contributed by atoms with E-state index in [-0.39, 0.29) is 5.56 Å². The van der Waals surface area contributed by atoms with Crippen LogP contribution in [0.5, 0.6) is 0 Å². The Bertz CT molecular complexity index is 1250. The van der Waals surface area contributed by atoms with Gasteiger partial charge in [0.15, 0.2) is 10.6 Å². The lowest BCUT2D eigenvalue weighted by molar-refractivity contribution is 0.630. The summed E-state index contributed by atoms with van der Waals surface area (Å²) in [6.45, 7) is 1.90. The topological polar surface area (TPSA) is 60.5 Å². The predicted octanol–water partition coefficient (Wildman–Crippen LogP) is 4.16. The van der Waals surface area contributed by atoms with Crippen LogP contribution in [0.3, 0.4) is 0 Å². The minimum atomic E-state index is -0.160. The lowest BCUT2D eigenvalue weighted by Crippen LogP contribution is -2.21. The van der Waals surface area contributed by atoms with Gasteiger partial charge in [0.2, 0.25) is 0 Å². The fourth-order valence-corrected chi connectivity index (χ4v) is 3.82. The summed E-state index contributed by atoms with van der Waals surface area (Å²) in [7, 11) is 1.86. The maximum Gasteiger partial charge on any atom is 0.296 e. The molecule has 0 fully saturated rings. The first-order chi connectivity index (χ1) is 13.0. The second-order valence-electron chi connectivity index (χ2n) is 6.08. The third-order valence-corrected chi connectivity index (χ3v) is 5.50. The first kappa shape index (κ1) is 17.7. The molecule has 0 amide bonds. The fourth-order valence-electron chi connectivity index (χ4n) is 3.14. The van der Waals surface area contributed by atoms with E-state index in [4.69, 9.17) is 12.2 Å². The molecule has 136 valence electrons. The zero-order valence-electron chi connectivity index (χ0n) is 14.7. The summed E-state index contributed by atoms with van der Waals surface area (Å²) >= 11 is 9.01. The molecule has 0 radical (unpaired) electrons. The maximum absolute atomic E-state index is 13.4. The number of benzene rings is 2. The molecular weight excluding hydrogens is 426 g/mol. The molecule has 1 N–H and O–H groups in total. The van der Waals surface area contributed by atoms with Crippen LogP contribution < -0.4 is 5.56 Å². The third kappa shape index (κ3) is 2.81. The summed E-state index contributed by atoms with van der Waals surface area (Å²) in [6, 6.07) is 17.2. The van der Waals surface area contributed by atoms with Crippen LogP contribution in [0.15, 0.2) is 63.9 Å². The standard InChI is InChI=1S/C19H16BrN5OS/c1-12-16(18(26)25(23(12)2)13-8-4-3-5-9-13)24-17(21-22-19(24)27)14-10-6-7-11-15(14)20/h3-11H,1-2H3,(H,22,27). The lowest BCUT2D eigenvalue weighted by Gasteiger charge is -2.07. The Kier molecular flexibility index (Phi) is 4.45. The van der Waals surface area contributed by atoms with Crippen LogP contribution in [0.4, 0.5) is 0 Å². The monoisotopic (exact) mass is 441 g/mol. The SMILES string of the molecule is Cc1c(-n2c(-c3ccccc3Br)n[nH]c2=S)c(=O)n(-c2ccccc2)n1C. The van der Waals surface area contributed by atoms with Crippen molar-refractivity contribution in [3.05, 3.63) is 79.9 Å². The highest BCUT2D eigenvalue weighted by Crippen LogP contribution is 2.28. The number of hydrogen-bond acceptors (Lipinski definition) is 3. The van der Waals surface area contributed by atoms with Gasteiger partial charge in [-0.25, -0.2) is 4.68 Å². The minimum Gasteiger partial charge on any atom is -0.283 e. The number of halogens is 1. The van der Waals surface area contributed by atoms with Gasteiger partial charge in [-0.1, -0.05) is 52.3 Å². The van der Waals surface area contributed by atoms with E-state index in [9.17, 15) is 4.79 Å². The van der Waals surface area contributed by atoms with Crippen LogP contribution in [0.2, 0.25) is 0 Å². The molecule has 0 unspecified atom stereocenters. The molecule has 0 bridgehead atoms. The average molecular weight is 442 g/mol. The van der Waals surface area contributed by atoms with Crippen molar-refractivity contribution in [2.75, 3.05) is 0 Å².